The van der Waals surface area contributed by atoms with Gasteiger partial charge in [0.15, 0.2) is 0 Å². The molecule has 76 valence electrons. The van der Waals surface area contributed by atoms with Crippen molar-refractivity contribution in [2.75, 3.05) is 18.1 Å². The van der Waals surface area contributed by atoms with Crippen LogP contribution in [-0.2, 0) is 0 Å². The Morgan fingerprint density at radius 2 is 2.71 bits per heavy atom. The smallest absolute Gasteiger partial charge is 0.288 e. The van der Waals surface area contributed by atoms with Gasteiger partial charge >= 0.3 is 0 Å². The quantitative estimate of drug-likeness (QED) is 0.755. The molecule has 1 aromatic rings. The second kappa shape index (κ2) is 4.45. The molecule has 1 aliphatic rings. The Labute approximate surface area is 86.1 Å². The number of nitrogens with one attached hydrogen (secondary N) is 2. The van der Waals surface area contributed by atoms with Gasteiger partial charge < -0.3 is 5.32 Å². The van der Waals surface area contributed by atoms with E-state index >= 15 is 0 Å². The molecule has 0 aliphatic carbocycles. The van der Waals surface area contributed by atoms with E-state index in [1.165, 1.54) is 18.5 Å². The SMILES string of the molecule is O=C(NCC1CCSC1)c1ncn[nH]1. The van der Waals surface area contributed by atoms with Gasteiger partial charge in [-0.2, -0.15) is 16.9 Å². The molecule has 6 heteroatoms. The van der Waals surface area contributed by atoms with Gasteiger partial charge in [-0.15, -0.1) is 0 Å². The molecule has 2 N–H and O–H groups in total. The van der Waals surface area contributed by atoms with Crippen LogP contribution in [0.25, 0.3) is 0 Å². The molecule has 1 atom stereocenters. The third-order valence-electron chi connectivity index (χ3n) is 2.21. The number of rotatable bonds is 3. The zero-order valence-corrected chi connectivity index (χ0v) is 8.51. The molecule has 1 saturated heterocycles. The van der Waals surface area contributed by atoms with E-state index in [1.54, 1.807) is 0 Å². The van der Waals surface area contributed by atoms with Crippen LogP contribution in [0.5, 0.6) is 0 Å². The number of carbonyl (C=O) groups excluding carboxylic acids is 1. The summed E-state index contributed by atoms with van der Waals surface area (Å²) in [6.45, 7) is 0.743. The summed E-state index contributed by atoms with van der Waals surface area (Å²) >= 11 is 1.94. The van der Waals surface area contributed by atoms with Crippen LogP contribution in [0, 0.1) is 5.92 Å². The minimum absolute atomic E-state index is 0.167. The molecule has 0 saturated carbocycles. The summed E-state index contributed by atoms with van der Waals surface area (Å²) in [6, 6.07) is 0. The number of H-pyrrole nitrogens is 1. The standard InChI is InChI=1S/C8H12N4OS/c13-8(7-10-5-11-12-7)9-3-6-1-2-14-4-6/h5-6H,1-4H2,(H,9,13)(H,10,11,12). The summed E-state index contributed by atoms with van der Waals surface area (Å²) in [6.07, 6.45) is 2.53. The highest BCUT2D eigenvalue weighted by Crippen LogP contribution is 2.22. The zero-order valence-electron chi connectivity index (χ0n) is 7.69. The fourth-order valence-electron chi connectivity index (χ4n) is 1.38. The maximum atomic E-state index is 11.4. The molecular formula is C8H12N4OS. The van der Waals surface area contributed by atoms with E-state index in [0.717, 1.165) is 12.3 Å². The molecule has 0 aromatic carbocycles. The molecule has 14 heavy (non-hydrogen) atoms. The minimum atomic E-state index is -0.167. The molecule has 2 heterocycles. The summed E-state index contributed by atoms with van der Waals surface area (Å²) in [7, 11) is 0. The molecule has 0 spiro atoms. The third kappa shape index (κ3) is 2.25. The maximum Gasteiger partial charge on any atom is 0.288 e. The molecule has 2 rings (SSSR count). The van der Waals surface area contributed by atoms with Crippen LogP contribution < -0.4 is 5.32 Å². The maximum absolute atomic E-state index is 11.4. The first kappa shape index (κ1) is 9.51. The molecule has 0 radical (unpaired) electrons. The van der Waals surface area contributed by atoms with Crippen LogP contribution in [-0.4, -0.2) is 39.1 Å². The Kier molecular flexibility index (Phi) is 3.03. The topological polar surface area (TPSA) is 70.7 Å². The Morgan fingerprint density at radius 3 is 3.36 bits per heavy atom. The van der Waals surface area contributed by atoms with Gasteiger partial charge in [0, 0.05) is 6.54 Å². The van der Waals surface area contributed by atoms with E-state index < -0.39 is 0 Å². The third-order valence-corrected chi connectivity index (χ3v) is 3.44. The molecule has 1 amide bonds. The molecule has 1 aromatic heterocycles. The van der Waals surface area contributed by atoms with Crippen molar-refractivity contribution < 1.29 is 4.79 Å². The van der Waals surface area contributed by atoms with Crippen molar-refractivity contribution in [3.63, 3.8) is 0 Å². The Balaban J connectivity index is 1.78. The van der Waals surface area contributed by atoms with Gasteiger partial charge in [0.05, 0.1) is 0 Å². The lowest BCUT2D eigenvalue weighted by Gasteiger charge is -2.07. The second-order valence-corrected chi connectivity index (χ2v) is 4.42. The first-order valence-corrected chi connectivity index (χ1v) is 5.73. The lowest BCUT2D eigenvalue weighted by molar-refractivity contribution is 0.0938. The van der Waals surface area contributed by atoms with Crippen molar-refractivity contribution in [2.24, 2.45) is 5.92 Å². The normalized spacial score (nSPS) is 21.0. The van der Waals surface area contributed by atoms with Crippen LogP contribution in [0.1, 0.15) is 17.0 Å². The molecule has 1 fully saturated rings. The number of carbonyl (C=O) groups is 1. The Bertz CT molecular complexity index is 294. The Morgan fingerprint density at radius 1 is 1.79 bits per heavy atom. The monoisotopic (exact) mass is 212 g/mol. The van der Waals surface area contributed by atoms with Crippen LogP contribution in [0.2, 0.25) is 0 Å². The van der Waals surface area contributed by atoms with E-state index in [1.807, 2.05) is 11.8 Å². The zero-order chi connectivity index (χ0) is 9.80. The van der Waals surface area contributed by atoms with Crippen molar-refractivity contribution in [3.8, 4) is 0 Å². The van der Waals surface area contributed by atoms with Gasteiger partial charge in [-0.1, -0.05) is 0 Å². The van der Waals surface area contributed by atoms with Gasteiger partial charge in [-0.25, -0.2) is 4.98 Å². The van der Waals surface area contributed by atoms with Crippen LogP contribution >= 0.6 is 11.8 Å². The largest absolute Gasteiger partial charge is 0.349 e. The summed E-state index contributed by atoms with van der Waals surface area (Å²) in [4.78, 5) is 15.2. The fourth-order valence-corrected chi connectivity index (χ4v) is 2.66. The van der Waals surface area contributed by atoms with Gasteiger partial charge in [0.25, 0.3) is 5.91 Å². The van der Waals surface area contributed by atoms with Crippen molar-refractivity contribution in [2.45, 2.75) is 6.42 Å². The van der Waals surface area contributed by atoms with Crippen molar-refractivity contribution >= 4 is 17.7 Å². The molecular weight excluding hydrogens is 200 g/mol. The molecule has 1 aliphatic heterocycles. The van der Waals surface area contributed by atoms with Crippen molar-refractivity contribution in [1.82, 2.24) is 20.5 Å². The van der Waals surface area contributed by atoms with E-state index in [0.29, 0.717) is 5.92 Å². The van der Waals surface area contributed by atoms with Crippen LogP contribution in [0.3, 0.4) is 0 Å². The van der Waals surface area contributed by atoms with Gasteiger partial charge in [0.1, 0.15) is 6.33 Å². The average Bonchev–Trinajstić information content (AvgIpc) is 2.87. The molecule has 0 bridgehead atoms. The summed E-state index contributed by atoms with van der Waals surface area (Å²) in [5.41, 5.74) is 0. The van der Waals surface area contributed by atoms with E-state index in [-0.39, 0.29) is 11.7 Å². The minimum Gasteiger partial charge on any atom is -0.349 e. The number of hydrogen-bond donors (Lipinski definition) is 2. The van der Waals surface area contributed by atoms with Gasteiger partial charge in [-0.05, 0) is 23.8 Å². The number of thioether (sulfide) groups is 1. The summed E-state index contributed by atoms with van der Waals surface area (Å²) < 4.78 is 0. The highest BCUT2D eigenvalue weighted by molar-refractivity contribution is 7.99. The highest BCUT2D eigenvalue weighted by Gasteiger charge is 2.17. The van der Waals surface area contributed by atoms with E-state index in [9.17, 15) is 4.79 Å². The number of aromatic nitrogens is 3. The van der Waals surface area contributed by atoms with Gasteiger partial charge in [-0.3, -0.25) is 9.89 Å². The highest BCUT2D eigenvalue weighted by atomic mass is 32.2. The van der Waals surface area contributed by atoms with Crippen LogP contribution in [0.15, 0.2) is 6.33 Å². The van der Waals surface area contributed by atoms with E-state index in [4.69, 9.17) is 0 Å². The van der Waals surface area contributed by atoms with Crippen molar-refractivity contribution in [1.29, 1.82) is 0 Å². The molecule has 5 nitrogen and oxygen atoms in total. The summed E-state index contributed by atoms with van der Waals surface area (Å²) in [5.74, 6) is 3.10. The summed E-state index contributed by atoms with van der Waals surface area (Å²) in [5, 5.41) is 9.00. The van der Waals surface area contributed by atoms with Gasteiger partial charge in [0.2, 0.25) is 5.82 Å². The fraction of sp³-hybridized carbons (Fsp3) is 0.625. The predicted molar refractivity (Wildman–Crippen MR) is 54.1 cm³/mol. The predicted octanol–water partition coefficient (Wildman–Crippen LogP) is 0.288. The first-order chi connectivity index (χ1) is 6.86. The number of hydrogen-bond acceptors (Lipinski definition) is 4. The number of nitrogens with zero attached hydrogens (tertiary/aromatic N) is 2. The first-order valence-electron chi connectivity index (χ1n) is 4.57. The lowest BCUT2D eigenvalue weighted by atomic mass is 10.1. The number of amides is 1. The van der Waals surface area contributed by atoms with Crippen LogP contribution in [0.4, 0.5) is 0 Å². The lowest BCUT2D eigenvalue weighted by Crippen LogP contribution is -2.30. The second-order valence-electron chi connectivity index (χ2n) is 3.27. The number of aromatic amines is 1. The van der Waals surface area contributed by atoms with Crippen molar-refractivity contribution in [3.05, 3.63) is 12.2 Å². The Hall–Kier alpha value is -1.04. The molecule has 1 unspecified atom stereocenters. The van der Waals surface area contributed by atoms with E-state index in [2.05, 4.69) is 20.5 Å². The average molecular weight is 212 g/mol.